The third-order valence-electron chi connectivity index (χ3n) is 5.87. The summed E-state index contributed by atoms with van der Waals surface area (Å²) in [7, 11) is 1.65. The Morgan fingerprint density at radius 1 is 1.19 bits per heavy atom. The highest BCUT2D eigenvalue weighted by Crippen LogP contribution is 2.41. The summed E-state index contributed by atoms with van der Waals surface area (Å²) in [6, 6.07) is 14.4. The number of amides is 1. The second-order valence-corrected chi connectivity index (χ2v) is 9.22. The molecule has 0 saturated carbocycles. The van der Waals surface area contributed by atoms with Crippen molar-refractivity contribution in [3.05, 3.63) is 64.8 Å². The van der Waals surface area contributed by atoms with E-state index in [1.807, 2.05) is 25.1 Å². The van der Waals surface area contributed by atoms with Gasteiger partial charge in [-0.15, -0.1) is 0 Å². The topological polar surface area (TPSA) is 69.0 Å². The highest BCUT2D eigenvalue weighted by atomic mass is 32.1. The number of hydrogen-bond acceptors (Lipinski definition) is 5. The molecular formula is C24H24N4O2S. The van der Waals surface area contributed by atoms with Crippen molar-refractivity contribution in [1.29, 1.82) is 0 Å². The third-order valence-corrected chi connectivity index (χ3v) is 6.87. The number of anilines is 1. The quantitative estimate of drug-likeness (QED) is 0.469. The summed E-state index contributed by atoms with van der Waals surface area (Å²) in [5.74, 6) is 1.96. The van der Waals surface area contributed by atoms with Crippen LogP contribution in [0, 0.1) is 6.92 Å². The maximum absolute atomic E-state index is 12.6. The van der Waals surface area contributed by atoms with E-state index < -0.39 is 0 Å². The Balaban J connectivity index is 1.60. The molecule has 0 unspecified atom stereocenters. The average molecular weight is 433 g/mol. The molecule has 3 heterocycles. The molecule has 0 aliphatic carbocycles. The van der Waals surface area contributed by atoms with Crippen LogP contribution in [-0.4, -0.2) is 27.8 Å². The van der Waals surface area contributed by atoms with Gasteiger partial charge in [-0.1, -0.05) is 49.4 Å². The first kappa shape index (κ1) is 19.8. The number of hydrogen-bond donors (Lipinski definition) is 1. The first-order chi connectivity index (χ1) is 14.9. The molecule has 4 aromatic rings. The Labute approximate surface area is 184 Å². The summed E-state index contributed by atoms with van der Waals surface area (Å²) >= 11 is 1.53. The molecule has 31 heavy (non-hydrogen) atoms. The van der Waals surface area contributed by atoms with E-state index in [2.05, 4.69) is 43.4 Å². The fourth-order valence-electron chi connectivity index (χ4n) is 4.19. The van der Waals surface area contributed by atoms with Crippen molar-refractivity contribution in [2.24, 2.45) is 0 Å². The molecule has 1 aliphatic rings. The number of nitrogens with zero attached hydrogens (tertiary/aromatic N) is 3. The fraction of sp³-hybridized carbons (Fsp3) is 0.292. The van der Waals surface area contributed by atoms with Gasteiger partial charge in [0.1, 0.15) is 11.6 Å². The first-order valence-electron chi connectivity index (χ1n) is 10.4. The van der Waals surface area contributed by atoms with Crippen LogP contribution in [0.5, 0.6) is 5.75 Å². The number of ether oxygens (including phenoxy) is 1. The molecule has 7 heteroatoms. The Kier molecular flexibility index (Phi) is 4.78. The molecule has 0 saturated heterocycles. The number of rotatable bonds is 4. The molecule has 1 N–H and O–H groups in total. The lowest BCUT2D eigenvalue weighted by Crippen LogP contribution is -2.24. The van der Waals surface area contributed by atoms with Gasteiger partial charge in [-0.05, 0) is 42.2 Å². The summed E-state index contributed by atoms with van der Waals surface area (Å²) in [5, 5.41) is 8.55. The molecule has 2 aromatic heterocycles. The number of methoxy groups -OCH3 is 1. The van der Waals surface area contributed by atoms with Crippen LogP contribution in [0.4, 0.5) is 5.82 Å². The van der Waals surface area contributed by atoms with E-state index in [0.717, 1.165) is 43.7 Å². The zero-order valence-electron chi connectivity index (χ0n) is 18.0. The van der Waals surface area contributed by atoms with E-state index in [-0.39, 0.29) is 11.8 Å². The van der Waals surface area contributed by atoms with Gasteiger partial charge in [0.15, 0.2) is 0 Å². The van der Waals surface area contributed by atoms with Gasteiger partial charge < -0.3 is 10.1 Å². The van der Waals surface area contributed by atoms with Gasteiger partial charge in [-0.3, -0.25) is 4.79 Å². The van der Waals surface area contributed by atoms with Crippen LogP contribution in [-0.2, 0) is 4.79 Å². The summed E-state index contributed by atoms with van der Waals surface area (Å²) in [6.45, 7) is 6.37. The molecule has 0 spiro atoms. The summed E-state index contributed by atoms with van der Waals surface area (Å²) < 4.78 is 8.12. The number of aryl methyl sites for hydroxylation is 1. The Morgan fingerprint density at radius 2 is 1.97 bits per heavy atom. The van der Waals surface area contributed by atoms with E-state index in [4.69, 9.17) is 14.8 Å². The molecule has 0 fully saturated rings. The minimum absolute atomic E-state index is 0.00522. The largest absolute Gasteiger partial charge is 0.497 e. The van der Waals surface area contributed by atoms with Crippen LogP contribution in [0.3, 0.4) is 0 Å². The van der Waals surface area contributed by atoms with Gasteiger partial charge in [-0.25, -0.2) is 4.98 Å². The van der Waals surface area contributed by atoms with E-state index in [1.165, 1.54) is 16.9 Å². The summed E-state index contributed by atoms with van der Waals surface area (Å²) in [5.41, 5.74) is 5.28. The highest BCUT2D eigenvalue weighted by Gasteiger charge is 2.33. The molecule has 2 aromatic carbocycles. The third kappa shape index (κ3) is 3.39. The van der Waals surface area contributed by atoms with Gasteiger partial charge >= 0.3 is 0 Å². The lowest BCUT2D eigenvalue weighted by atomic mass is 9.85. The number of carbonyl (C=O) groups is 1. The van der Waals surface area contributed by atoms with Crippen LogP contribution in [0.2, 0.25) is 0 Å². The number of benzene rings is 2. The van der Waals surface area contributed by atoms with Crippen LogP contribution in [0.1, 0.15) is 54.5 Å². The molecule has 0 radical (unpaired) electrons. The van der Waals surface area contributed by atoms with Crippen molar-refractivity contribution >= 4 is 33.3 Å². The molecule has 158 valence electrons. The van der Waals surface area contributed by atoms with E-state index >= 15 is 0 Å². The minimum Gasteiger partial charge on any atom is -0.497 e. The van der Waals surface area contributed by atoms with Crippen LogP contribution >= 0.6 is 11.3 Å². The van der Waals surface area contributed by atoms with Gasteiger partial charge in [0, 0.05) is 17.9 Å². The van der Waals surface area contributed by atoms with E-state index in [1.54, 1.807) is 11.8 Å². The normalized spacial score (nSPS) is 15.9. The lowest BCUT2D eigenvalue weighted by molar-refractivity contribution is -0.116. The molecular weight excluding hydrogens is 408 g/mol. The summed E-state index contributed by atoms with van der Waals surface area (Å²) in [6.07, 6.45) is 0.414. The standard InChI is InChI=1S/C24H24N4O2S/c1-13(2)15-5-7-16(8-6-15)18-12-21(29)26-23-22(18)14(3)27-28(23)24-25-19-10-9-17(30-4)11-20(19)31-24/h5-11,13,18H,12H2,1-4H3,(H,26,29)/t18-/m0/s1. The van der Waals surface area contributed by atoms with Gasteiger partial charge in [0.25, 0.3) is 0 Å². The van der Waals surface area contributed by atoms with Crippen molar-refractivity contribution in [2.75, 3.05) is 12.4 Å². The number of aromatic nitrogens is 3. The van der Waals surface area contributed by atoms with E-state index in [0.29, 0.717) is 12.3 Å². The monoisotopic (exact) mass is 432 g/mol. The van der Waals surface area contributed by atoms with Crippen molar-refractivity contribution in [3.8, 4) is 10.9 Å². The van der Waals surface area contributed by atoms with Gasteiger partial charge in [0.2, 0.25) is 11.0 Å². The minimum atomic E-state index is -0.0202. The smallest absolute Gasteiger partial charge is 0.226 e. The number of carbonyl (C=O) groups excluding carboxylic acids is 1. The Bertz CT molecular complexity index is 1290. The second kappa shape index (κ2) is 7.50. The Morgan fingerprint density at radius 3 is 2.68 bits per heavy atom. The highest BCUT2D eigenvalue weighted by molar-refractivity contribution is 7.20. The molecule has 1 atom stereocenters. The predicted molar refractivity (Wildman–Crippen MR) is 124 cm³/mol. The lowest BCUT2D eigenvalue weighted by Gasteiger charge is -2.24. The number of thiazole rings is 1. The molecule has 6 nitrogen and oxygen atoms in total. The van der Waals surface area contributed by atoms with Crippen molar-refractivity contribution in [3.63, 3.8) is 0 Å². The van der Waals surface area contributed by atoms with Gasteiger partial charge in [-0.2, -0.15) is 9.78 Å². The SMILES string of the molecule is COc1ccc2nc(-n3nc(C)c4c3NC(=O)C[C@H]4c3ccc(C(C)C)cc3)sc2c1. The van der Waals surface area contributed by atoms with Crippen molar-refractivity contribution < 1.29 is 9.53 Å². The molecule has 1 amide bonds. The zero-order valence-corrected chi connectivity index (χ0v) is 18.8. The maximum Gasteiger partial charge on any atom is 0.226 e. The van der Waals surface area contributed by atoms with Crippen LogP contribution < -0.4 is 10.1 Å². The molecule has 0 bridgehead atoms. The van der Waals surface area contributed by atoms with Crippen molar-refractivity contribution in [1.82, 2.24) is 14.8 Å². The van der Waals surface area contributed by atoms with Crippen LogP contribution in [0.15, 0.2) is 42.5 Å². The van der Waals surface area contributed by atoms with Gasteiger partial charge in [0.05, 0.1) is 23.0 Å². The van der Waals surface area contributed by atoms with E-state index in [9.17, 15) is 4.79 Å². The molecule has 5 rings (SSSR count). The predicted octanol–water partition coefficient (Wildman–Crippen LogP) is 5.40. The first-order valence-corrected chi connectivity index (χ1v) is 11.2. The fourth-order valence-corrected chi connectivity index (χ4v) is 5.15. The zero-order chi connectivity index (χ0) is 21.7. The second-order valence-electron chi connectivity index (χ2n) is 8.22. The maximum atomic E-state index is 12.6. The molecule has 1 aliphatic heterocycles. The van der Waals surface area contributed by atoms with Crippen molar-refractivity contribution in [2.45, 2.75) is 39.0 Å². The number of fused-ring (bicyclic) bond motifs is 2. The average Bonchev–Trinajstić information content (AvgIpc) is 3.33. The summed E-state index contributed by atoms with van der Waals surface area (Å²) in [4.78, 5) is 17.4. The Hall–Kier alpha value is -3.19. The number of nitrogens with one attached hydrogen (secondary N) is 1. The van der Waals surface area contributed by atoms with Crippen LogP contribution in [0.25, 0.3) is 15.3 Å².